The molecule has 258 valence electrons. The van der Waals surface area contributed by atoms with Crippen molar-refractivity contribution in [2.75, 3.05) is 0 Å². The van der Waals surface area contributed by atoms with E-state index < -0.39 is 0 Å². The van der Waals surface area contributed by atoms with E-state index in [4.69, 9.17) is 15.0 Å². The Morgan fingerprint density at radius 3 is 1.25 bits per heavy atom. The van der Waals surface area contributed by atoms with Gasteiger partial charge < -0.3 is 4.57 Å². The number of hydrogen-bond acceptors (Lipinski definition) is 3. The van der Waals surface area contributed by atoms with Crippen LogP contribution in [0.1, 0.15) is 0 Å². The molecule has 0 saturated heterocycles. The van der Waals surface area contributed by atoms with Crippen molar-refractivity contribution in [1.82, 2.24) is 19.5 Å². The van der Waals surface area contributed by atoms with Crippen LogP contribution in [0, 0.1) is 0 Å². The Hall–Kier alpha value is -7.43. The van der Waals surface area contributed by atoms with Crippen LogP contribution in [-0.2, 0) is 0 Å². The predicted octanol–water partition coefficient (Wildman–Crippen LogP) is 13.0. The normalized spacial score (nSPS) is 11.3. The van der Waals surface area contributed by atoms with Gasteiger partial charge in [0.05, 0.1) is 11.0 Å². The Kier molecular flexibility index (Phi) is 8.12. The summed E-state index contributed by atoms with van der Waals surface area (Å²) in [5, 5.41) is 2.37. The Morgan fingerprint density at radius 1 is 0.255 bits per heavy atom. The van der Waals surface area contributed by atoms with Gasteiger partial charge in [0.1, 0.15) is 0 Å². The first-order valence-corrected chi connectivity index (χ1v) is 18.5. The molecule has 0 radical (unpaired) electrons. The Labute approximate surface area is 319 Å². The zero-order valence-corrected chi connectivity index (χ0v) is 29.9. The first-order valence-electron chi connectivity index (χ1n) is 18.5. The van der Waals surface area contributed by atoms with Crippen LogP contribution in [0.25, 0.3) is 95.0 Å². The van der Waals surface area contributed by atoms with E-state index in [1.807, 2.05) is 36.4 Å². The fourth-order valence-electron chi connectivity index (χ4n) is 7.49. The van der Waals surface area contributed by atoms with Gasteiger partial charge in [0.25, 0.3) is 0 Å². The van der Waals surface area contributed by atoms with E-state index in [-0.39, 0.29) is 0 Å². The summed E-state index contributed by atoms with van der Waals surface area (Å²) in [5.41, 5.74) is 13.2. The number of fused-ring (bicyclic) bond motifs is 3. The highest BCUT2D eigenvalue weighted by Gasteiger charge is 2.17. The smallest absolute Gasteiger partial charge is 0.164 e. The SMILES string of the molecule is c1ccc(-c2ccc(-c3ccc(-c4nc(-c5ccccc5)nc(-c5ccc6c7ccccc7n(-c7cccc(-c8ccccc8)c7)c6c5)n4)cc3)cc2)cc1. The van der Waals surface area contributed by atoms with Gasteiger partial charge in [-0.25, -0.2) is 15.0 Å². The Bertz CT molecular complexity index is 2930. The summed E-state index contributed by atoms with van der Waals surface area (Å²) >= 11 is 0. The summed E-state index contributed by atoms with van der Waals surface area (Å²) < 4.78 is 2.35. The molecule has 0 bridgehead atoms. The van der Waals surface area contributed by atoms with E-state index in [9.17, 15) is 0 Å². The van der Waals surface area contributed by atoms with Crippen molar-refractivity contribution in [2.45, 2.75) is 0 Å². The van der Waals surface area contributed by atoms with Gasteiger partial charge in [0.15, 0.2) is 17.5 Å². The van der Waals surface area contributed by atoms with Gasteiger partial charge in [0.2, 0.25) is 0 Å². The van der Waals surface area contributed by atoms with Crippen molar-refractivity contribution in [3.63, 3.8) is 0 Å². The van der Waals surface area contributed by atoms with E-state index in [1.165, 1.54) is 33.0 Å². The van der Waals surface area contributed by atoms with E-state index in [2.05, 4.69) is 174 Å². The molecule has 0 spiro atoms. The standard InChI is InChI=1S/C51H34N4/c1-4-13-35(14-5-1)37-23-25-38(26-24-37)39-27-29-41(30-28-39)50-52-49(40-17-8-3-9-18-40)53-51(54-50)43-31-32-46-45-21-10-11-22-47(45)55(48(46)34-43)44-20-12-19-42(33-44)36-15-6-2-7-16-36/h1-34H. The molecular weight excluding hydrogens is 669 g/mol. The molecule has 0 amide bonds. The summed E-state index contributed by atoms with van der Waals surface area (Å²) in [6.45, 7) is 0. The second-order valence-corrected chi connectivity index (χ2v) is 13.7. The maximum absolute atomic E-state index is 5.13. The van der Waals surface area contributed by atoms with E-state index in [0.717, 1.165) is 44.5 Å². The number of rotatable bonds is 7. The van der Waals surface area contributed by atoms with Crippen molar-refractivity contribution >= 4 is 21.8 Å². The molecule has 4 heteroatoms. The van der Waals surface area contributed by atoms with E-state index in [0.29, 0.717) is 17.5 Å². The molecule has 0 saturated carbocycles. The maximum atomic E-state index is 5.13. The van der Waals surface area contributed by atoms with Crippen molar-refractivity contribution in [1.29, 1.82) is 0 Å². The fourth-order valence-corrected chi connectivity index (χ4v) is 7.49. The summed E-state index contributed by atoms with van der Waals surface area (Å²) in [7, 11) is 0. The molecule has 55 heavy (non-hydrogen) atoms. The molecule has 0 unspecified atom stereocenters. The number of benzene rings is 8. The number of nitrogens with zero attached hydrogens (tertiary/aromatic N) is 4. The van der Waals surface area contributed by atoms with Crippen LogP contribution in [0.3, 0.4) is 0 Å². The molecule has 0 fully saturated rings. The van der Waals surface area contributed by atoms with Gasteiger partial charge in [-0.05, 0) is 57.6 Å². The van der Waals surface area contributed by atoms with Crippen molar-refractivity contribution in [3.8, 4) is 73.2 Å². The zero-order valence-electron chi connectivity index (χ0n) is 29.9. The Morgan fingerprint density at radius 2 is 0.655 bits per heavy atom. The van der Waals surface area contributed by atoms with Gasteiger partial charge in [-0.2, -0.15) is 0 Å². The lowest BCUT2D eigenvalue weighted by Crippen LogP contribution is -2.00. The third-order valence-corrected chi connectivity index (χ3v) is 10.3. The highest BCUT2D eigenvalue weighted by atomic mass is 15.0. The molecule has 0 N–H and O–H groups in total. The number of aromatic nitrogens is 4. The fraction of sp³-hybridized carbons (Fsp3) is 0. The summed E-state index contributed by atoms with van der Waals surface area (Å²) in [6, 6.07) is 72.3. The quantitative estimate of drug-likeness (QED) is 0.166. The number of hydrogen-bond donors (Lipinski definition) is 0. The van der Waals surface area contributed by atoms with E-state index >= 15 is 0 Å². The zero-order chi connectivity index (χ0) is 36.6. The molecule has 10 rings (SSSR count). The largest absolute Gasteiger partial charge is 0.309 e. The first-order chi connectivity index (χ1) is 27.2. The van der Waals surface area contributed by atoms with E-state index in [1.54, 1.807) is 0 Å². The number of para-hydroxylation sites is 1. The molecule has 10 aromatic rings. The molecule has 4 nitrogen and oxygen atoms in total. The van der Waals surface area contributed by atoms with Crippen LogP contribution in [0.4, 0.5) is 0 Å². The first kappa shape index (κ1) is 32.2. The van der Waals surface area contributed by atoms with Crippen LogP contribution >= 0.6 is 0 Å². The molecule has 0 aliphatic rings. The maximum Gasteiger partial charge on any atom is 0.164 e. The van der Waals surface area contributed by atoms with Crippen LogP contribution < -0.4 is 0 Å². The minimum atomic E-state index is 0.626. The molecular formula is C51H34N4. The van der Waals surface area contributed by atoms with Crippen molar-refractivity contribution in [2.24, 2.45) is 0 Å². The van der Waals surface area contributed by atoms with Crippen LogP contribution in [0.2, 0.25) is 0 Å². The molecule has 2 heterocycles. The summed E-state index contributed by atoms with van der Waals surface area (Å²) in [4.78, 5) is 15.2. The van der Waals surface area contributed by atoms with Crippen LogP contribution in [-0.4, -0.2) is 19.5 Å². The topological polar surface area (TPSA) is 43.6 Å². The van der Waals surface area contributed by atoms with Gasteiger partial charge >= 0.3 is 0 Å². The highest BCUT2D eigenvalue weighted by Crippen LogP contribution is 2.36. The average Bonchev–Trinajstić information content (AvgIpc) is 3.61. The lowest BCUT2D eigenvalue weighted by molar-refractivity contribution is 1.07. The average molecular weight is 703 g/mol. The van der Waals surface area contributed by atoms with Gasteiger partial charge in [-0.3, -0.25) is 0 Å². The summed E-state index contributed by atoms with van der Waals surface area (Å²) in [6.07, 6.45) is 0. The minimum Gasteiger partial charge on any atom is -0.309 e. The molecule has 0 aliphatic carbocycles. The summed E-state index contributed by atoms with van der Waals surface area (Å²) in [5.74, 6) is 1.89. The van der Waals surface area contributed by atoms with Crippen LogP contribution in [0.15, 0.2) is 206 Å². The molecule has 0 aliphatic heterocycles. The lowest BCUT2D eigenvalue weighted by Gasteiger charge is -2.12. The van der Waals surface area contributed by atoms with Gasteiger partial charge in [-0.15, -0.1) is 0 Å². The lowest BCUT2D eigenvalue weighted by atomic mass is 9.99. The molecule has 0 atom stereocenters. The third kappa shape index (κ3) is 6.16. The van der Waals surface area contributed by atoms with Crippen LogP contribution in [0.5, 0.6) is 0 Å². The predicted molar refractivity (Wildman–Crippen MR) is 227 cm³/mol. The second kappa shape index (κ2) is 13.8. The third-order valence-electron chi connectivity index (χ3n) is 10.3. The highest BCUT2D eigenvalue weighted by molar-refractivity contribution is 6.10. The van der Waals surface area contributed by atoms with Crippen molar-refractivity contribution < 1.29 is 0 Å². The monoisotopic (exact) mass is 702 g/mol. The Balaban J connectivity index is 1.07. The van der Waals surface area contributed by atoms with Gasteiger partial charge in [-0.1, -0.05) is 182 Å². The molecule has 2 aromatic heterocycles. The minimum absolute atomic E-state index is 0.626. The molecule has 8 aromatic carbocycles. The second-order valence-electron chi connectivity index (χ2n) is 13.7. The van der Waals surface area contributed by atoms with Crippen molar-refractivity contribution in [3.05, 3.63) is 206 Å². The van der Waals surface area contributed by atoms with Gasteiger partial charge in [0, 0.05) is 33.2 Å².